The summed E-state index contributed by atoms with van der Waals surface area (Å²) in [4.78, 5) is 16.9. The number of fused-ring (bicyclic) bond motifs is 2. The van der Waals surface area contributed by atoms with Crippen LogP contribution in [0.1, 0.15) is 92.2 Å². The van der Waals surface area contributed by atoms with Gasteiger partial charge in [-0.2, -0.15) is 0 Å². The molecule has 5 rings (SSSR count). The van der Waals surface area contributed by atoms with Crippen LogP contribution in [-0.2, 0) is 30.3 Å². The van der Waals surface area contributed by atoms with Crippen molar-refractivity contribution in [1.82, 2.24) is 4.98 Å². The summed E-state index contributed by atoms with van der Waals surface area (Å²) in [6, 6.07) is 17.8. The smallest absolute Gasteiger partial charge is 0.164 e. The second-order valence-electron chi connectivity index (χ2n) is 11.8. The normalized spacial score (nSPS) is 14.2. The van der Waals surface area contributed by atoms with Crippen LogP contribution < -0.4 is 0 Å². The van der Waals surface area contributed by atoms with Crippen LogP contribution in [0.25, 0.3) is 33.2 Å². The first-order chi connectivity index (χ1) is 18.5. The van der Waals surface area contributed by atoms with Crippen molar-refractivity contribution in [1.29, 1.82) is 0 Å². The number of aliphatic hydroxyl groups is 1. The Morgan fingerprint density at radius 1 is 0.925 bits per heavy atom. The Balaban J connectivity index is 0.000000225. The topological polar surface area (TPSA) is 63.3 Å². The minimum atomic E-state index is -0.337. The van der Waals surface area contributed by atoms with Crippen molar-refractivity contribution in [3.63, 3.8) is 0 Å². The van der Waals surface area contributed by atoms with E-state index in [0.717, 1.165) is 53.5 Å². The molecule has 0 saturated heterocycles. The summed E-state index contributed by atoms with van der Waals surface area (Å²) in [5, 5.41) is 12.5. The summed E-state index contributed by atoms with van der Waals surface area (Å²) in [5.74, 6) is 0.286. The predicted octanol–water partition coefficient (Wildman–Crippen LogP) is 9.73. The molecule has 4 aromatic rings. The fourth-order valence-electron chi connectivity index (χ4n) is 5.45. The summed E-state index contributed by atoms with van der Waals surface area (Å²) >= 11 is 0. The first-order valence-corrected chi connectivity index (χ1v) is 14.2. The molecule has 1 aliphatic rings. The number of furan rings is 1. The van der Waals surface area contributed by atoms with Crippen molar-refractivity contribution in [3.05, 3.63) is 77.7 Å². The van der Waals surface area contributed by atoms with Crippen molar-refractivity contribution < 1.29 is 34.4 Å². The van der Waals surface area contributed by atoms with Crippen molar-refractivity contribution in [2.24, 2.45) is 10.8 Å². The number of hydrogen-bond donors (Lipinski definition) is 1. The van der Waals surface area contributed by atoms with Gasteiger partial charge in [0, 0.05) is 48.6 Å². The van der Waals surface area contributed by atoms with E-state index in [1.807, 2.05) is 72.0 Å². The Hall–Kier alpha value is -2.75. The monoisotopic (exact) mass is 717 g/mol. The Kier molecular flexibility index (Phi) is 9.54. The Labute approximate surface area is 252 Å². The molecule has 0 fully saturated rings. The van der Waals surface area contributed by atoms with Crippen LogP contribution in [0.3, 0.4) is 0 Å². The van der Waals surface area contributed by atoms with Gasteiger partial charge in [0.2, 0.25) is 0 Å². The fourth-order valence-corrected chi connectivity index (χ4v) is 5.45. The standard InChI is InChI=1S/C20H14NO.C15H28O2.Ir/c1-20(2)13-7-4-10-16-18(13)17-12(6-3-9-15(17)22-16)19-14(20)8-5-11-21-19;1-7-14(5,8-2)12(16)11-13(17)15(6,9-3)10-4;/h3-5,7-11H,1-2H3;11,16H,7-10H2,1-6H3;/q-1;;/b;12-11-;. The molecule has 4 nitrogen and oxygen atoms in total. The summed E-state index contributed by atoms with van der Waals surface area (Å²) in [6.45, 7) is 16.6. The largest absolute Gasteiger partial charge is 0.512 e. The number of hydrogen-bond acceptors (Lipinski definition) is 4. The number of benzene rings is 2. The molecule has 2 aromatic heterocycles. The van der Waals surface area contributed by atoms with Crippen LogP contribution >= 0.6 is 0 Å². The molecule has 0 spiro atoms. The predicted molar refractivity (Wildman–Crippen MR) is 161 cm³/mol. The molecule has 5 heteroatoms. The van der Waals surface area contributed by atoms with Gasteiger partial charge in [-0.25, -0.2) is 0 Å². The molecule has 0 amide bonds. The number of aliphatic hydroxyl groups excluding tert-OH is 1. The SMILES string of the molecule is CC1(C)c2cccnc2-c2[c-]ccc3oc4cccc1c4c23.CCC(C)(CC)C(=O)/C=C(\O)C(C)(CC)CC.[Ir]. The van der Waals surface area contributed by atoms with Gasteiger partial charge in [0.05, 0.1) is 5.58 Å². The van der Waals surface area contributed by atoms with Gasteiger partial charge in [-0.05, 0) is 54.5 Å². The van der Waals surface area contributed by atoms with E-state index in [4.69, 9.17) is 4.42 Å². The first kappa shape index (κ1) is 31.8. The number of aromatic nitrogens is 1. The molecule has 2 heterocycles. The first-order valence-electron chi connectivity index (χ1n) is 14.2. The number of pyridine rings is 1. The summed E-state index contributed by atoms with van der Waals surface area (Å²) in [6.07, 6.45) is 6.61. The third kappa shape index (κ3) is 5.31. The van der Waals surface area contributed by atoms with E-state index in [2.05, 4.69) is 43.1 Å². The van der Waals surface area contributed by atoms with Gasteiger partial charge in [0.15, 0.2) is 5.78 Å². The number of carbonyl (C=O) groups excluding carboxylic acids is 1. The molecule has 0 aliphatic heterocycles. The van der Waals surface area contributed by atoms with Crippen molar-refractivity contribution >= 4 is 27.7 Å². The maximum atomic E-state index is 12.2. The van der Waals surface area contributed by atoms with Gasteiger partial charge in [0.25, 0.3) is 0 Å². The number of carbonyl (C=O) groups is 1. The van der Waals surface area contributed by atoms with Crippen LogP contribution in [0.15, 0.2) is 64.9 Å². The molecule has 215 valence electrons. The average molecular weight is 717 g/mol. The summed E-state index contributed by atoms with van der Waals surface area (Å²) in [5.41, 5.74) is 5.70. The number of rotatable bonds is 7. The number of ketones is 1. The van der Waals surface area contributed by atoms with Gasteiger partial charge in [-0.3, -0.25) is 4.79 Å². The Morgan fingerprint density at radius 2 is 1.52 bits per heavy atom. The van der Waals surface area contributed by atoms with Crippen molar-refractivity contribution in [2.45, 2.75) is 86.5 Å². The second kappa shape index (κ2) is 12.0. The Bertz CT molecular complexity index is 1540. The van der Waals surface area contributed by atoms with Crippen molar-refractivity contribution in [3.8, 4) is 11.3 Å². The minimum absolute atomic E-state index is 0. The minimum Gasteiger partial charge on any atom is -0.512 e. The van der Waals surface area contributed by atoms with E-state index >= 15 is 0 Å². The van der Waals surface area contributed by atoms with Crippen LogP contribution in [0.2, 0.25) is 0 Å². The van der Waals surface area contributed by atoms with Gasteiger partial charge in [-0.1, -0.05) is 90.6 Å². The molecule has 1 N–H and O–H groups in total. The third-order valence-corrected chi connectivity index (χ3v) is 9.45. The van der Waals surface area contributed by atoms with Gasteiger partial charge in [0.1, 0.15) is 11.3 Å². The van der Waals surface area contributed by atoms with E-state index in [9.17, 15) is 9.90 Å². The van der Waals surface area contributed by atoms with Gasteiger partial charge in [-0.15, -0.1) is 17.7 Å². The van der Waals surface area contributed by atoms with Gasteiger partial charge < -0.3 is 14.5 Å². The summed E-state index contributed by atoms with van der Waals surface area (Å²) in [7, 11) is 0. The zero-order valence-corrected chi connectivity index (χ0v) is 27.5. The molecule has 40 heavy (non-hydrogen) atoms. The van der Waals surface area contributed by atoms with E-state index in [-0.39, 0.29) is 47.9 Å². The van der Waals surface area contributed by atoms with Crippen LogP contribution in [0, 0.1) is 16.9 Å². The molecule has 0 bridgehead atoms. The quantitative estimate of drug-likeness (QED) is 0.118. The van der Waals surface area contributed by atoms with Crippen LogP contribution in [0.4, 0.5) is 0 Å². The molecule has 0 unspecified atom stereocenters. The zero-order chi connectivity index (χ0) is 28.6. The second-order valence-corrected chi connectivity index (χ2v) is 11.8. The van der Waals surface area contributed by atoms with E-state index in [1.54, 1.807) is 0 Å². The maximum Gasteiger partial charge on any atom is 0.164 e. The molecular formula is C35H42IrNO3-. The molecule has 1 radical (unpaired) electrons. The van der Waals surface area contributed by atoms with Crippen LogP contribution in [0.5, 0.6) is 0 Å². The van der Waals surface area contributed by atoms with E-state index in [1.165, 1.54) is 22.6 Å². The van der Waals surface area contributed by atoms with Gasteiger partial charge >= 0.3 is 0 Å². The van der Waals surface area contributed by atoms with E-state index < -0.39 is 0 Å². The number of allylic oxidation sites excluding steroid dienone is 2. The maximum absolute atomic E-state index is 12.2. The molecule has 0 saturated carbocycles. The van der Waals surface area contributed by atoms with E-state index in [0.29, 0.717) is 0 Å². The molecular weight excluding hydrogens is 675 g/mol. The molecule has 2 aromatic carbocycles. The zero-order valence-electron chi connectivity index (χ0n) is 25.1. The Morgan fingerprint density at radius 3 is 2.15 bits per heavy atom. The third-order valence-electron chi connectivity index (χ3n) is 9.45. The molecule has 0 atom stereocenters. The average Bonchev–Trinajstić information content (AvgIpc) is 3.31. The van der Waals surface area contributed by atoms with Crippen molar-refractivity contribution in [2.75, 3.05) is 0 Å². The summed E-state index contributed by atoms with van der Waals surface area (Å²) < 4.78 is 6.07. The fraction of sp³-hybridized carbons (Fsp3) is 0.429. The van der Waals surface area contributed by atoms with Crippen LogP contribution in [-0.4, -0.2) is 15.9 Å². The number of nitrogens with zero attached hydrogens (tertiary/aromatic N) is 1. The molecule has 1 aliphatic carbocycles.